The number of nitrogens with one attached hydrogen (secondary N) is 1. The molecular weight excluding hydrogens is 332 g/mol. The number of aromatic nitrogens is 1. The number of carbonyl (C=O) groups is 2. The summed E-state index contributed by atoms with van der Waals surface area (Å²) in [6.07, 6.45) is 5.14. The first-order valence-corrected chi connectivity index (χ1v) is 9.24. The summed E-state index contributed by atoms with van der Waals surface area (Å²) in [5.41, 5.74) is 1.15. The number of aliphatic carboxylic acids is 1. The van der Waals surface area contributed by atoms with E-state index in [1.54, 1.807) is 12.4 Å². The molecule has 1 saturated carbocycles. The van der Waals surface area contributed by atoms with Gasteiger partial charge in [0.15, 0.2) is 0 Å². The van der Waals surface area contributed by atoms with Crippen molar-refractivity contribution in [3.63, 3.8) is 0 Å². The summed E-state index contributed by atoms with van der Waals surface area (Å²) in [6.45, 7) is 7.81. The molecule has 2 aliphatic rings. The maximum absolute atomic E-state index is 12.7. The monoisotopic (exact) mass is 360 g/mol. The Kier molecular flexibility index (Phi) is 5.18. The van der Waals surface area contributed by atoms with Crippen LogP contribution in [0.4, 0.5) is 4.79 Å². The van der Waals surface area contributed by atoms with Crippen LogP contribution < -0.4 is 5.32 Å². The van der Waals surface area contributed by atoms with Crippen LogP contribution in [-0.4, -0.2) is 63.6 Å². The Balaban J connectivity index is 1.54. The fourth-order valence-electron chi connectivity index (χ4n) is 4.23. The van der Waals surface area contributed by atoms with Gasteiger partial charge in [-0.05, 0) is 37.1 Å². The van der Waals surface area contributed by atoms with E-state index in [2.05, 4.69) is 24.1 Å². The van der Waals surface area contributed by atoms with Crippen molar-refractivity contribution in [3.05, 3.63) is 30.1 Å². The smallest absolute Gasteiger partial charge is 0.318 e. The molecule has 1 aliphatic carbocycles. The SMILES string of the molecule is CCN(CC(=O)O)C1CC(NC(=O)N2CC(C)(C)C2c2ccncc2)C1. The number of amides is 2. The molecule has 0 spiro atoms. The minimum absolute atomic E-state index is 0.0316. The molecule has 1 saturated heterocycles. The Hall–Kier alpha value is -2.15. The van der Waals surface area contributed by atoms with Gasteiger partial charge in [0, 0.05) is 36.4 Å². The third-order valence-electron chi connectivity index (χ3n) is 5.61. The van der Waals surface area contributed by atoms with Gasteiger partial charge in [-0.1, -0.05) is 20.8 Å². The zero-order valence-corrected chi connectivity index (χ0v) is 15.7. The lowest BCUT2D eigenvalue weighted by atomic mass is 9.72. The second-order valence-corrected chi connectivity index (χ2v) is 8.03. The Morgan fingerprint density at radius 2 is 2.00 bits per heavy atom. The number of hydrogen-bond acceptors (Lipinski definition) is 4. The highest BCUT2D eigenvalue weighted by molar-refractivity contribution is 5.76. The van der Waals surface area contributed by atoms with Gasteiger partial charge in [-0.15, -0.1) is 0 Å². The predicted octanol–water partition coefficient (Wildman–Crippen LogP) is 2.11. The highest BCUT2D eigenvalue weighted by Crippen LogP contribution is 2.48. The lowest BCUT2D eigenvalue weighted by Gasteiger charge is -2.55. The van der Waals surface area contributed by atoms with Gasteiger partial charge in [-0.25, -0.2) is 4.79 Å². The summed E-state index contributed by atoms with van der Waals surface area (Å²) >= 11 is 0. The molecule has 7 nitrogen and oxygen atoms in total. The lowest BCUT2D eigenvalue weighted by molar-refractivity contribution is -0.139. The first-order chi connectivity index (χ1) is 12.3. The molecule has 2 fully saturated rings. The normalized spacial score (nSPS) is 26.8. The third-order valence-corrected chi connectivity index (χ3v) is 5.61. The zero-order chi connectivity index (χ0) is 18.9. The minimum Gasteiger partial charge on any atom is -0.480 e. The fraction of sp³-hybridized carbons (Fsp3) is 0.632. The number of carboxylic acids is 1. The largest absolute Gasteiger partial charge is 0.480 e. The van der Waals surface area contributed by atoms with E-state index in [9.17, 15) is 9.59 Å². The quantitative estimate of drug-likeness (QED) is 0.811. The van der Waals surface area contributed by atoms with Crippen molar-refractivity contribution in [3.8, 4) is 0 Å². The molecule has 1 aliphatic heterocycles. The summed E-state index contributed by atoms with van der Waals surface area (Å²) in [6, 6.07) is 4.32. The number of carboxylic acid groups (broad SMARTS) is 1. The van der Waals surface area contributed by atoms with Crippen LogP contribution in [0.5, 0.6) is 0 Å². The molecule has 0 bridgehead atoms. The molecule has 142 valence electrons. The number of urea groups is 1. The van der Waals surface area contributed by atoms with E-state index >= 15 is 0 Å². The molecule has 1 aromatic rings. The van der Waals surface area contributed by atoms with Crippen molar-refractivity contribution in [1.82, 2.24) is 20.1 Å². The van der Waals surface area contributed by atoms with E-state index in [0.717, 1.165) is 24.9 Å². The zero-order valence-electron chi connectivity index (χ0n) is 15.7. The van der Waals surface area contributed by atoms with E-state index < -0.39 is 5.97 Å². The third kappa shape index (κ3) is 3.67. The molecule has 3 rings (SSSR count). The molecule has 7 heteroatoms. The van der Waals surface area contributed by atoms with Crippen molar-refractivity contribution < 1.29 is 14.7 Å². The van der Waals surface area contributed by atoms with Gasteiger partial charge in [0.1, 0.15) is 0 Å². The average molecular weight is 360 g/mol. The number of hydrogen-bond donors (Lipinski definition) is 2. The van der Waals surface area contributed by atoms with Crippen molar-refractivity contribution in [1.29, 1.82) is 0 Å². The van der Waals surface area contributed by atoms with Crippen LogP contribution in [0.2, 0.25) is 0 Å². The van der Waals surface area contributed by atoms with E-state index in [1.165, 1.54) is 0 Å². The number of carbonyl (C=O) groups excluding carboxylic acids is 1. The van der Waals surface area contributed by atoms with Gasteiger partial charge in [0.2, 0.25) is 0 Å². The number of likely N-dealkylation sites (tertiary alicyclic amines) is 1. The van der Waals surface area contributed by atoms with E-state index in [-0.39, 0.29) is 36.1 Å². The Bertz CT molecular complexity index is 658. The van der Waals surface area contributed by atoms with Gasteiger partial charge in [-0.3, -0.25) is 14.7 Å². The minimum atomic E-state index is -0.803. The van der Waals surface area contributed by atoms with Gasteiger partial charge in [0.25, 0.3) is 0 Å². The van der Waals surface area contributed by atoms with Crippen LogP contribution in [-0.2, 0) is 4.79 Å². The van der Waals surface area contributed by atoms with Gasteiger partial charge in [0.05, 0.1) is 12.6 Å². The second-order valence-electron chi connectivity index (χ2n) is 8.03. The van der Waals surface area contributed by atoms with Crippen LogP contribution in [0.1, 0.15) is 45.2 Å². The van der Waals surface area contributed by atoms with E-state index in [4.69, 9.17) is 5.11 Å². The molecule has 2 heterocycles. The Morgan fingerprint density at radius 3 is 2.54 bits per heavy atom. The molecule has 1 aromatic heterocycles. The summed E-state index contributed by atoms with van der Waals surface area (Å²) in [7, 11) is 0. The molecule has 1 atom stereocenters. The Labute approximate surface area is 154 Å². The van der Waals surface area contributed by atoms with Gasteiger partial charge < -0.3 is 15.3 Å². The van der Waals surface area contributed by atoms with Gasteiger partial charge >= 0.3 is 12.0 Å². The van der Waals surface area contributed by atoms with E-state index in [0.29, 0.717) is 6.54 Å². The molecule has 0 aromatic carbocycles. The molecule has 1 unspecified atom stereocenters. The fourth-order valence-corrected chi connectivity index (χ4v) is 4.23. The van der Waals surface area contributed by atoms with Crippen LogP contribution in [0.15, 0.2) is 24.5 Å². The van der Waals surface area contributed by atoms with Crippen molar-refractivity contribution >= 4 is 12.0 Å². The second kappa shape index (κ2) is 7.23. The Morgan fingerprint density at radius 1 is 1.35 bits per heavy atom. The summed E-state index contributed by atoms with van der Waals surface area (Å²) in [4.78, 5) is 31.5. The molecular formula is C19H28N4O3. The topological polar surface area (TPSA) is 85.8 Å². The van der Waals surface area contributed by atoms with E-state index in [1.807, 2.05) is 28.9 Å². The number of nitrogens with zero attached hydrogens (tertiary/aromatic N) is 3. The highest BCUT2D eigenvalue weighted by atomic mass is 16.4. The van der Waals surface area contributed by atoms with Crippen molar-refractivity contribution in [2.24, 2.45) is 5.41 Å². The number of likely N-dealkylation sites (N-methyl/N-ethyl adjacent to an activating group) is 1. The predicted molar refractivity (Wildman–Crippen MR) is 97.7 cm³/mol. The van der Waals surface area contributed by atoms with Crippen molar-refractivity contribution in [2.45, 2.75) is 51.7 Å². The lowest BCUT2D eigenvalue weighted by Crippen LogP contribution is -2.63. The van der Waals surface area contributed by atoms with Crippen molar-refractivity contribution in [2.75, 3.05) is 19.6 Å². The first kappa shape index (κ1) is 18.6. The van der Waals surface area contributed by atoms with Crippen LogP contribution in [0.3, 0.4) is 0 Å². The average Bonchev–Trinajstić information content (AvgIpc) is 2.54. The summed E-state index contributed by atoms with van der Waals surface area (Å²) in [5.74, 6) is -0.803. The molecule has 0 radical (unpaired) electrons. The van der Waals surface area contributed by atoms with Crippen LogP contribution in [0, 0.1) is 5.41 Å². The maximum Gasteiger partial charge on any atom is 0.318 e. The van der Waals surface area contributed by atoms with Crippen LogP contribution in [0.25, 0.3) is 0 Å². The van der Waals surface area contributed by atoms with Crippen LogP contribution >= 0.6 is 0 Å². The molecule has 26 heavy (non-hydrogen) atoms. The first-order valence-electron chi connectivity index (χ1n) is 9.24. The van der Waals surface area contributed by atoms with Gasteiger partial charge in [-0.2, -0.15) is 0 Å². The molecule has 2 N–H and O–H groups in total. The maximum atomic E-state index is 12.7. The summed E-state index contributed by atoms with van der Waals surface area (Å²) in [5, 5.41) is 12.1. The highest BCUT2D eigenvalue weighted by Gasteiger charge is 2.49. The summed E-state index contributed by atoms with van der Waals surface area (Å²) < 4.78 is 0. The standard InChI is InChI=1S/C19H28N4O3/c1-4-22(11-16(24)25)15-9-14(10-15)21-18(26)23-12-19(2,3)17(23)13-5-7-20-8-6-13/h5-8,14-15,17H,4,9-12H2,1-3H3,(H,21,26)(H,24,25). The number of pyridine rings is 1. The molecule has 2 amide bonds. The number of rotatable bonds is 6.